The average Bonchev–Trinajstić information content (AvgIpc) is 2.43. The first kappa shape index (κ1) is 17.3. The van der Waals surface area contributed by atoms with E-state index in [0.717, 1.165) is 18.6 Å². The van der Waals surface area contributed by atoms with Crippen molar-refractivity contribution in [1.29, 1.82) is 0 Å². The molecular formula is C15H21F3N2O. The molecule has 0 atom stereocenters. The third-order valence-corrected chi connectivity index (χ3v) is 3.11. The zero-order valence-corrected chi connectivity index (χ0v) is 12.5. The number of halogens is 3. The van der Waals surface area contributed by atoms with Crippen molar-refractivity contribution in [2.75, 3.05) is 25.0 Å². The van der Waals surface area contributed by atoms with Gasteiger partial charge in [0, 0.05) is 25.3 Å². The topological polar surface area (TPSA) is 32.3 Å². The van der Waals surface area contributed by atoms with E-state index in [9.17, 15) is 18.0 Å². The highest BCUT2D eigenvalue weighted by Crippen LogP contribution is 2.32. The van der Waals surface area contributed by atoms with Gasteiger partial charge in [0.15, 0.2) is 0 Å². The van der Waals surface area contributed by atoms with E-state index in [1.807, 2.05) is 20.8 Å². The van der Waals surface area contributed by atoms with Crippen LogP contribution in [0.1, 0.15) is 43.1 Å². The molecule has 0 aliphatic heterocycles. The molecule has 118 valence electrons. The predicted octanol–water partition coefficient (Wildman–Crippen LogP) is 4.01. The Morgan fingerprint density at radius 2 is 1.90 bits per heavy atom. The van der Waals surface area contributed by atoms with Crippen LogP contribution in [0, 0.1) is 0 Å². The maximum atomic E-state index is 12.8. The second-order valence-electron chi connectivity index (χ2n) is 4.67. The van der Waals surface area contributed by atoms with Crippen LogP contribution in [0.4, 0.5) is 18.9 Å². The molecule has 1 N–H and O–H groups in total. The summed E-state index contributed by atoms with van der Waals surface area (Å²) in [6, 6.07) is 3.24. The molecule has 0 unspecified atom stereocenters. The van der Waals surface area contributed by atoms with Crippen molar-refractivity contribution in [3.8, 4) is 0 Å². The van der Waals surface area contributed by atoms with Crippen LogP contribution >= 0.6 is 0 Å². The highest BCUT2D eigenvalue weighted by atomic mass is 19.4. The minimum atomic E-state index is -4.46. The lowest BCUT2D eigenvalue weighted by Gasteiger charge is -2.22. The second kappa shape index (κ2) is 7.33. The molecular weight excluding hydrogens is 281 g/mol. The lowest BCUT2D eigenvalue weighted by molar-refractivity contribution is -0.137. The SMILES string of the molecule is CCCN(CC)C(=O)c1cc(C(F)(F)F)ccc1NCC. The maximum Gasteiger partial charge on any atom is 0.416 e. The summed E-state index contributed by atoms with van der Waals surface area (Å²) in [5.74, 6) is -0.374. The van der Waals surface area contributed by atoms with E-state index >= 15 is 0 Å². The maximum absolute atomic E-state index is 12.8. The Kier molecular flexibility index (Phi) is 6.05. The molecule has 21 heavy (non-hydrogen) atoms. The van der Waals surface area contributed by atoms with Gasteiger partial charge in [-0.05, 0) is 38.5 Å². The summed E-state index contributed by atoms with van der Waals surface area (Å²) >= 11 is 0. The van der Waals surface area contributed by atoms with Gasteiger partial charge in [-0.1, -0.05) is 6.92 Å². The number of alkyl halides is 3. The number of rotatable bonds is 6. The molecule has 0 aliphatic rings. The summed E-state index contributed by atoms with van der Waals surface area (Å²) < 4.78 is 38.5. The van der Waals surface area contributed by atoms with Crippen LogP contribution in [0.25, 0.3) is 0 Å². The number of carbonyl (C=O) groups is 1. The second-order valence-corrected chi connectivity index (χ2v) is 4.67. The molecule has 0 saturated heterocycles. The minimum absolute atomic E-state index is 0.0713. The smallest absolute Gasteiger partial charge is 0.385 e. The van der Waals surface area contributed by atoms with E-state index in [0.29, 0.717) is 25.3 Å². The molecule has 1 rings (SSSR count). The number of amides is 1. The number of carbonyl (C=O) groups excluding carboxylic acids is 1. The summed E-state index contributed by atoms with van der Waals surface area (Å²) in [6.45, 7) is 7.09. The van der Waals surface area contributed by atoms with Gasteiger partial charge in [0.25, 0.3) is 5.91 Å². The highest BCUT2D eigenvalue weighted by Gasteiger charge is 2.32. The largest absolute Gasteiger partial charge is 0.416 e. The van der Waals surface area contributed by atoms with Crippen molar-refractivity contribution in [3.63, 3.8) is 0 Å². The Morgan fingerprint density at radius 1 is 1.24 bits per heavy atom. The molecule has 1 amide bonds. The molecule has 1 aromatic carbocycles. The normalized spacial score (nSPS) is 11.3. The van der Waals surface area contributed by atoms with Gasteiger partial charge in [-0.3, -0.25) is 4.79 Å². The first-order chi connectivity index (χ1) is 9.85. The highest BCUT2D eigenvalue weighted by molar-refractivity contribution is 5.99. The Labute approximate surface area is 123 Å². The number of anilines is 1. The minimum Gasteiger partial charge on any atom is -0.385 e. The van der Waals surface area contributed by atoms with Crippen LogP contribution in [0.15, 0.2) is 18.2 Å². The van der Waals surface area contributed by atoms with Gasteiger partial charge in [0.1, 0.15) is 0 Å². The van der Waals surface area contributed by atoms with Crippen LogP contribution < -0.4 is 5.32 Å². The van der Waals surface area contributed by atoms with Gasteiger partial charge in [0.05, 0.1) is 11.1 Å². The first-order valence-electron chi connectivity index (χ1n) is 7.09. The number of hydrogen-bond acceptors (Lipinski definition) is 2. The monoisotopic (exact) mass is 302 g/mol. The first-order valence-corrected chi connectivity index (χ1v) is 7.09. The number of nitrogens with one attached hydrogen (secondary N) is 1. The van der Waals surface area contributed by atoms with Crippen molar-refractivity contribution in [2.45, 2.75) is 33.4 Å². The number of benzene rings is 1. The van der Waals surface area contributed by atoms with Crippen LogP contribution in [-0.4, -0.2) is 30.4 Å². The third kappa shape index (κ3) is 4.37. The van der Waals surface area contributed by atoms with Gasteiger partial charge >= 0.3 is 6.18 Å². The molecule has 0 fully saturated rings. The summed E-state index contributed by atoms with van der Waals surface area (Å²) in [7, 11) is 0. The molecule has 0 saturated carbocycles. The van der Waals surface area contributed by atoms with E-state index < -0.39 is 11.7 Å². The van der Waals surface area contributed by atoms with E-state index in [4.69, 9.17) is 0 Å². The van der Waals surface area contributed by atoms with Gasteiger partial charge in [-0.15, -0.1) is 0 Å². The molecule has 0 bridgehead atoms. The molecule has 6 heteroatoms. The Morgan fingerprint density at radius 3 is 2.38 bits per heavy atom. The molecule has 1 aromatic rings. The summed E-state index contributed by atoms with van der Waals surface area (Å²) in [4.78, 5) is 14.0. The van der Waals surface area contributed by atoms with Crippen molar-refractivity contribution < 1.29 is 18.0 Å². The van der Waals surface area contributed by atoms with Crippen molar-refractivity contribution in [2.24, 2.45) is 0 Å². The lowest BCUT2D eigenvalue weighted by atomic mass is 10.1. The summed E-state index contributed by atoms with van der Waals surface area (Å²) in [5, 5.41) is 2.94. The van der Waals surface area contributed by atoms with E-state index in [-0.39, 0.29) is 11.5 Å². The van der Waals surface area contributed by atoms with E-state index in [2.05, 4.69) is 5.32 Å². The quantitative estimate of drug-likeness (QED) is 0.861. The van der Waals surface area contributed by atoms with Crippen molar-refractivity contribution in [1.82, 2.24) is 4.90 Å². The fraction of sp³-hybridized carbons (Fsp3) is 0.533. The number of nitrogens with zero attached hydrogens (tertiary/aromatic N) is 1. The fourth-order valence-electron chi connectivity index (χ4n) is 2.09. The predicted molar refractivity (Wildman–Crippen MR) is 77.5 cm³/mol. The Balaban J connectivity index is 3.25. The van der Waals surface area contributed by atoms with Crippen LogP contribution in [0.3, 0.4) is 0 Å². The van der Waals surface area contributed by atoms with Gasteiger partial charge < -0.3 is 10.2 Å². The van der Waals surface area contributed by atoms with Crippen LogP contribution in [0.5, 0.6) is 0 Å². The Hall–Kier alpha value is -1.72. The number of hydrogen-bond donors (Lipinski definition) is 1. The standard InChI is InChI=1S/C15H21F3N2O/c1-4-9-20(6-3)14(21)12-10-11(15(16,17)18)7-8-13(12)19-5-2/h7-8,10,19H,4-6,9H2,1-3H3. The lowest BCUT2D eigenvalue weighted by Crippen LogP contribution is -2.32. The van der Waals surface area contributed by atoms with Crippen LogP contribution in [0.2, 0.25) is 0 Å². The van der Waals surface area contributed by atoms with Gasteiger partial charge in [-0.25, -0.2) is 0 Å². The van der Waals surface area contributed by atoms with Crippen LogP contribution in [-0.2, 0) is 6.18 Å². The van der Waals surface area contributed by atoms with Crippen molar-refractivity contribution >= 4 is 11.6 Å². The zero-order valence-electron chi connectivity index (χ0n) is 12.5. The van der Waals surface area contributed by atoms with E-state index in [1.165, 1.54) is 6.07 Å². The average molecular weight is 302 g/mol. The Bertz CT molecular complexity index is 486. The molecule has 0 spiro atoms. The van der Waals surface area contributed by atoms with Crippen molar-refractivity contribution in [3.05, 3.63) is 29.3 Å². The van der Waals surface area contributed by atoms with Gasteiger partial charge in [-0.2, -0.15) is 13.2 Å². The molecule has 0 radical (unpaired) electrons. The summed E-state index contributed by atoms with van der Waals surface area (Å²) in [5.41, 5.74) is -0.299. The fourth-order valence-corrected chi connectivity index (χ4v) is 2.09. The molecule has 0 aromatic heterocycles. The molecule has 0 heterocycles. The third-order valence-electron chi connectivity index (χ3n) is 3.11. The molecule has 0 aliphatic carbocycles. The van der Waals surface area contributed by atoms with E-state index in [1.54, 1.807) is 4.90 Å². The molecule has 3 nitrogen and oxygen atoms in total. The summed E-state index contributed by atoms with van der Waals surface area (Å²) in [6.07, 6.45) is -3.70. The zero-order chi connectivity index (χ0) is 16.0. The van der Waals surface area contributed by atoms with Gasteiger partial charge in [0.2, 0.25) is 0 Å².